The molecule has 2 rings (SSSR count). The summed E-state index contributed by atoms with van der Waals surface area (Å²) >= 11 is 0. The van der Waals surface area contributed by atoms with E-state index in [4.69, 9.17) is 4.74 Å². The van der Waals surface area contributed by atoms with Crippen molar-refractivity contribution in [1.29, 1.82) is 0 Å². The van der Waals surface area contributed by atoms with Gasteiger partial charge < -0.3 is 9.64 Å². The van der Waals surface area contributed by atoms with Gasteiger partial charge in [0.2, 0.25) is 0 Å². The van der Waals surface area contributed by atoms with Crippen molar-refractivity contribution in [3.05, 3.63) is 0 Å². The molecule has 0 bridgehead atoms. The third-order valence-corrected chi connectivity index (χ3v) is 3.38. The largest absolute Gasteiger partial charge is 0.379 e. The molecule has 1 saturated carbocycles. The van der Waals surface area contributed by atoms with Crippen molar-refractivity contribution in [3.8, 4) is 0 Å². The molecule has 1 saturated heterocycles. The minimum Gasteiger partial charge on any atom is -0.379 e. The number of rotatable bonds is 4. The monoisotopic (exact) mass is 197 g/mol. The van der Waals surface area contributed by atoms with E-state index in [-0.39, 0.29) is 0 Å². The molecule has 1 heterocycles. The summed E-state index contributed by atoms with van der Waals surface area (Å²) in [6.45, 7) is 7.86. The quantitative estimate of drug-likeness (QED) is 0.685. The molecule has 82 valence electrons. The molecular weight excluding hydrogens is 174 g/mol. The molecule has 0 spiro atoms. The summed E-state index contributed by atoms with van der Waals surface area (Å²) in [5, 5.41) is 0. The maximum absolute atomic E-state index is 5.67. The Hall–Kier alpha value is -0.0800. The Balaban J connectivity index is 1.62. The van der Waals surface area contributed by atoms with E-state index in [1.807, 2.05) is 0 Å². The van der Waals surface area contributed by atoms with Crippen molar-refractivity contribution >= 4 is 0 Å². The molecule has 0 atom stereocenters. The molecule has 2 fully saturated rings. The van der Waals surface area contributed by atoms with E-state index in [9.17, 15) is 0 Å². The first kappa shape index (κ1) is 10.4. The fourth-order valence-electron chi connectivity index (χ4n) is 2.25. The van der Waals surface area contributed by atoms with Crippen molar-refractivity contribution in [1.82, 2.24) is 4.90 Å². The van der Waals surface area contributed by atoms with Crippen molar-refractivity contribution in [2.24, 2.45) is 5.92 Å². The topological polar surface area (TPSA) is 12.5 Å². The molecule has 0 unspecified atom stereocenters. The van der Waals surface area contributed by atoms with E-state index < -0.39 is 0 Å². The summed E-state index contributed by atoms with van der Waals surface area (Å²) in [6, 6.07) is 0.960. The molecule has 0 amide bonds. The first-order valence-electron chi connectivity index (χ1n) is 6.11. The van der Waals surface area contributed by atoms with Gasteiger partial charge in [-0.05, 0) is 58.5 Å². The minimum absolute atomic E-state index is 0.400. The highest BCUT2D eigenvalue weighted by molar-refractivity contribution is 4.87. The second-order valence-electron chi connectivity index (χ2n) is 5.09. The molecule has 0 aromatic rings. The van der Waals surface area contributed by atoms with Crippen LogP contribution < -0.4 is 0 Å². The lowest BCUT2D eigenvalue weighted by atomic mass is 9.98. The predicted molar refractivity (Wildman–Crippen MR) is 58.4 cm³/mol. The van der Waals surface area contributed by atoms with Gasteiger partial charge >= 0.3 is 0 Å². The Labute approximate surface area is 87.6 Å². The zero-order valence-electron chi connectivity index (χ0n) is 9.54. The number of piperidine rings is 1. The SMILES string of the molecule is CC(C)OCC1CCN(C2CC2)CC1. The standard InChI is InChI=1S/C12H23NO/c1-10(2)14-9-11-5-7-13(8-6-11)12-3-4-12/h10-12H,3-9H2,1-2H3. The highest BCUT2D eigenvalue weighted by atomic mass is 16.5. The number of ether oxygens (including phenoxy) is 1. The van der Waals surface area contributed by atoms with Gasteiger partial charge in [0.25, 0.3) is 0 Å². The maximum Gasteiger partial charge on any atom is 0.0519 e. The molecular formula is C12H23NO. The smallest absolute Gasteiger partial charge is 0.0519 e. The zero-order valence-corrected chi connectivity index (χ0v) is 9.54. The Morgan fingerprint density at radius 3 is 2.29 bits per heavy atom. The van der Waals surface area contributed by atoms with Gasteiger partial charge in [0.1, 0.15) is 0 Å². The first-order valence-corrected chi connectivity index (χ1v) is 6.11. The highest BCUT2D eigenvalue weighted by Gasteiger charge is 2.31. The van der Waals surface area contributed by atoms with Gasteiger partial charge in [-0.25, -0.2) is 0 Å². The van der Waals surface area contributed by atoms with Gasteiger partial charge in [0.15, 0.2) is 0 Å². The van der Waals surface area contributed by atoms with Crippen LogP contribution in [0.3, 0.4) is 0 Å². The predicted octanol–water partition coefficient (Wildman–Crippen LogP) is 2.29. The van der Waals surface area contributed by atoms with Crippen LogP contribution in [0.15, 0.2) is 0 Å². The van der Waals surface area contributed by atoms with Crippen LogP contribution in [0.5, 0.6) is 0 Å². The number of hydrogen-bond donors (Lipinski definition) is 0. The fourth-order valence-corrected chi connectivity index (χ4v) is 2.25. The van der Waals surface area contributed by atoms with E-state index in [1.54, 1.807) is 0 Å². The molecule has 0 aromatic carbocycles. The number of nitrogens with zero attached hydrogens (tertiary/aromatic N) is 1. The zero-order chi connectivity index (χ0) is 9.97. The molecule has 2 nitrogen and oxygen atoms in total. The summed E-state index contributed by atoms with van der Waals surface area (Å²) in [4.78, 5) is 2.67. The van der Waals surface area contributed by atoms with Crippen molar-refractivity contribution in [2.75, 3.05) is 19.7 Å². The van der Waals surface area contributed by atoms with Crippen LogP contribution in [0, 0.1) is 5.92 Å². The van der Waals surface area contributed by atoms with Crippen molar-refractivity contribution < 1.29 is 4.74 Å². The highest BCUT2D eigenvalue weighted by Crippen LogP contribution is 2.30. The van der Waals surface area contributed by atoms with Gasteiger partial charge in [0, 0.05) is 12.6 Å². The average molecular weight is 197 g/mol. The summed E-state index contributed by atoms with van der Waals surface area (Å²) in [5.74, 6) is 0.826. The molecule has 2 aliphatic rings. The van der Waals surface area contributed by atoms with E-state index in [0.717, 1.165) is 18.6 Å². The van der Waals surface area contributed by atoms with E-state index >= 15 is 0 Å². The molecule has 1 aliphatic carbocycles. The molecule has 0 N–H and O–H groups in total. The summed E-state index contributed by atoms with van der Waals surface area (Å²) in [6.07, 6.45) is 6.00. The van der Waals surface area contributed by atoms with Crippen LogP contribution in [-0.2, 0) is 4.74 Å². The van der Waals surface area contributed by atoms with Crippen LogP contribution in [-0.4, -0.2) is 36.7 Å². The lowest BCUT2D eigenvalue weighted by molar-refractivity contribution is 0.0295. The second-order valence-corrected chi connectivity index (χ2v) is 5.09. The molecule has 0 aromatic heterocycles. The lowest BCUT2D eigenvalue weighted by Gasteiger charge is -2.32. The van der Waals surface area contributed by atoms with Gasteiger partial charge in [-0.3, -0.25) is 0 Å². The Bertz CT molecular complexity index is 169. The Morgan fingerprint density at radius 1 is 1.14 bits per heavy atom. The summed E-state index contributed by atoms with van der Waals surface area (Å²) < 4.78 is 5.67. The Morgan fingerprint density at radius 2 is 1.79 bits per heavy atom. The van der Waals surface area contributed by atoms with Gasteiger partial charge in [-0.15, -0.1) is 0 Å². The van der Waals surface area contributed by atoms with Crippen LogP contribution in [0.4, 0.5) is 0 Å². The van der Waals surface area contributed by atoms with Gasteiger partial charge in [-0.2, -0.15) is 0 Å². The third-order valence-electron chi connectivity index (χ3n) is 3.38. The summed E-state index contributed by atoms with van der Waals surface area (Å²) in [5.41, 5.74) is 0. The van der Waals surface area contributed by atoms with Gasteiger partial charge in [-0.1, -0.05) is 0 Å². The minimum atomic E-state index is 0.400. The Kier molecular flexibility index (Phi) is 3.45. The molecule has 0 radical (unpaired) electrons. The lowest BCUT2D eigenvalue weighted by Crippen LogP contribution is -2.36. The molecule has 14 heavy (non-hydrogen) atoms. The normalized spacial score (nSPS) is 25.9. The van der Waals surface area contributed by atoms with Crippen LogP contribution >= 0.6 is 0 Å². The average Bonchev–Trinajstić information content (AvgIpc) is 2.99. The number of hydrogen-bond acceptors (Lipinski definition) is 2. The second kappa shape index (κ2) is 4.63. The fraction of sp³-hybridized carbons (Fsp3) is 1.00. The van der Waals surface area contributed by atoms with Crippen LogP contribution in [0.1, 0.15) is 39.5 Å². The third kappa shape index (κ3) is 2.96. The molecule has 1 aliphatic heterocycles. The maximum atomic E-state index is 5.67. The summed E-state index contributed by atoms with van der Waals surface area (Å²) in [7, 11) is 0. The molecule has 2 heteroatoms. The van der Waals surface area contributed by atoms with Crippen LogP contribution in [0.25, 0.3) is 0 Å². The van der Waals surface area contributed by atoms with E-state index in [0.29, 0.717) is 6.10 Å². The number of likely N-dealkylation sites (tertiary alicyclic amines) is 1. The van der Waals surface area contributed by atoms with Gasteiger partial charge in [0.05, 0.1) is 6.10 Å². The van der Waals surface area contributed by atoms with E-state index in [1.165, 1.54) is 38.8 Å². The van der Waals surface area contributed by atoms with Crippen molar-refractivity contribution in [2.45, 2.75) is 51.7 Å². The van der Waals surface area contributed by atoms with Crippen LogP contribution in [0.2, 0.25) is 0 Å². The first-order chi connectivity index (χ1) is 6.75. The van der Waals surface area contributed by atoms with Crippen molar-refractivity contribution in [3.63, 3.8) is 0 Å². The van der Waals surface area contributed by atoms with E-state index in [2.05, 4.69) is 18.7 Å².